The highest BCUT2D eigenvalue weighted by molar-refractivity contribution is 5.94. The Hall–Kier alpha value is -3.41. The Bertz CT molecular complexity index is 1180. The van der Waals surface area contributed by atoms with Gasteiger partial charge in [0.25, 0.3) is 5.78 Å². The van der Waals surface area contributed by atoms with E-state index in [1.807, 2.05) is 65.3 Å². The number of aromatic nitrogens is 4. The van der Waals surface area contributed by atoms with Gasteiger partial charge in [0.1, 0.15) is 11.4 Å². The molecule has 1 spiro atoms. The predicted octanol–water partition coefficient (Wildman–Crippen LogP) is 4.45. The monoisotopic (exact) mass is 384 g/mol. The SMILES string of the molecule is O=C1O[C@]2(CC[C@H](c3nc4nc(-c5ccccc5)cn4[nH]3)CC2)c2ccccc21. The minimum absolute atomic E-state index is 0.191. The first-order valence-corrected chi connectivity index (χ1v) is 10.1. The first kappa shape index (κ1) is 16.5. The van der Waals surface area contributed by atoms with Crippen molar-refractivity contribution in [1.29, 1.82) is 0 Å². The lowest BCUT2D eigenvalue weighted by molar-refractivity contribution is -0.0312. The minimum Gasteiger partial charge on any atom is -0.451 e. The predicted molar refractivity (Wildman–Crippen MR) is 108 cm³/mol. The summed E-state index contributed by atoms with van der Waals surface area (Å²) in [6, 6.07) is 17.9. The van der Waals surface area contributed by atoms with E-state index < -0.39 is 5.60 Å². The molecule has 2 aromatic carbocycles. The fraction of sp³-hybridized carbons (Fsp3) is 0.261. The molecule has 1 saturated carbocycles. The summed E-state index contributed by atoms with van der Waals surface area (Å²) >= 11 is 0. The number of hydrogen-bond acceptors (Lipinski definition) is 4. The Morgan fingerprint density at radius 3 is 2.55 bits per heavy atom. The van der Waals surface area contributed by atoms with E-state index in [1.165, 1.54) is 0 Å². The van der Waals surface area contributed by atoms with Crippen LogP contribution in [0.5, 0.6) is 0 Å². The average molecular weight is 384 g/mol. The summed E-state index contributed by atoms with van der Waals surface area (Å²) in [7, 11) is 0. The lowest BCUT2D eigenvalue weighted by Crippen LogP contribution is -2.31. The molecule has 144 valence electrons. The molecule has 0 amide bonds. The van der Waals surface area contributed by atoms with Gasteiger partial charge in [-0.05, 0) is 31.7 Å². The highest BCUT2D eigenvalue weighted by Crippen LogP contribution is 2.49. The highest BCUT2D eigenvalue weighted by Gasteiger charge is 2.47. The van der Waals surface area contributed by atoms with Crippen LogP contribution in [-0.4, -0.2) is 25.6 Å². The van der Waals surface area contributed by atoms with Gasteiger partial charge >= 0.3 is 5.97 Å². The fourth-order valence-corrected chi connectivity index (χ4v) is 4.79. The third kappa shape index (κ3) is 2.52. The van der Waals surface area contributed by atoms with Crippen molar-refractivity contribution in [2.75, 3.05) is 0 Å². The number of imidazole rings is 1. The van der Waals surface area contributed by atoms with Crippen molar-refractivity contribution < 1.29 is 9.53 Å². The molecule has 1 aliphatic heterocycles. The molecule has 0 saturated heterocycles. The summed E-state index contributed by atoms with van der Waals surface area (Å²) in [4.78, 5) is 21.7. The van der Waals surface area contributed by atoms with Gasteiger partial charge in [-0.2, -0.15) is 4.98 Å². The summed E-state index contributed by atoms with van der Waals surface area (Å²) < 4.78 is 7.76. The number of carbonyl (C=O) groups excluding carboxylic acids is 1. The van der Waals surface area contributed by atoms with Crippen molar-refractivity contribution in [2.45, 2.75) is 37.2 Å². The van der Waals surface area contributed by atoms with Crippen LogP contribution in [0.3, 0.4) is 0 Å². The van der Waals surface area contributed by atoms with Crippen LogP contribution in [0.4, 0.5) is 0 Å². The van der Waals surface area contributed by atoms with Gasteiger partial charge in [0.15, 0.2) is 0 Å². The quantitative estimate of drug-likeness (QED) is 0.518. The van der Waals surface area contributed by atoms with Gasteiger partial charge in [0.05, 0.1) is 17.5 Å². The van der Waals surface area contributed by atoms with Gasteiger partial charge in [-0.25, -0.2) is 14.3 Å². The molecular formula is C23H20N4O2. The molecule has 1 N–H and O–H groups in total. The molecule has 29 heavy (non-hydrogen) atoms. The first-order valence-electron chi connectivity index (χ1n) is 10.1. The number of aromatic amines is 1. The molecule has 1 fully saturated rings. The number of carbonyl (C=O) groups is 1. The van der Waals surface area contributed by atoms with Gasteiger partial charge in [-0.3, -0.25) is 5.10 Å². The van der Waals surface area contributed by atoms with Gasteiger partial charge in [-0.15, -0.1) is 0 Å². The molecule has 1 aliphatic carbocycles. The van der Waals surface area contributed by atoms with E-state index in [0.29, 0.717) is 11.7 Å². The van der Waals surface area contributed by atoms with E-state index in [-0.39, 0.29) is 5.97 Å². The Kier molecular flexibility index (Phi) is 3.45. The van der Waals surface area contributed by atoms with Crippen molar-refractivity contribution >= 4 is 11.7 Å². The molecule has 0 radical (unpaired) electrons. The second-order valence-corrected chi connectivity index (χ2v) is 7.97. The molecule has 0 atom stereocenters. The molecule has 0 unspecified atom stereocenters. The molecule has 0 bridgehead atoms. The van der Waals surface area contributed by atoms with Crippen LogP contribution in [0.15, 0.2) is 60.8 Å². The number of fused-ring (bicyclic) bond motifs is 3. The zero-order valence-corrected chi connectivity index (χ0v) is 15.8. The van der Waals surface area contributed by atoms with Crippen LogP contribution in [0.2, 0.25) is 0 Å². The Morgan fingerprint density at radius 2 is 1.76 bits per heavy atom. The summed E-state index contributed by atoms with van der Waals surface area (Å²) in [5, 5.41) is 3.40. The zero-order chi connectivity index (χ0) is 19.4. The first-order chi connectivity index (χ1) is 14.2. The van der Waals surface area contributed by atoms with E-state index in [1.54, 1.807) is 0 Å². The topological polar surface area (TPSA) is 72.3 Å². The fourth-order valence-electron chi connectivity index (χ4n) is 4.79. The maximum atomic E-state index is 12.3. The Labute approximate surface area is 167 Å². The number of nitrogens with zero attached hydrogens (tertiary/aromatic N) is 3. The van der Waals surface area contributed by atoms with Crippen LogP contribution in [0.25, 0.3) is 17.0 Å². The van der Waals surface area contributed by atoms with Crippen molar-refractivity contribution in [2.24, 2.45) is 0 Å². The molecule has 6 nitrogen and oxygen atoms in total. The second-order valence-electron chi connectivity index (χ2n) is 7.97. The summed E-state index contributed by atoms with van der Waals surface area (Å²) in [6.45, 7) is 0. The summed E-state index contributed by atoms with van der Waals surface area (Å²) in [5.74, 6) is 1.77. The van der Waals surface area contributed by atoms with Gasteiger partial charge < -0.3 is 4.74 Å². The highest BCUT2D eigenvalue weighted by atomic mass is 16.6. The van der Waals surface area contributed by atoms with E-state index in [0.717, 1.165) is 53.9 Å². The third-order valence-electron chi connectivity index (χ3n) is 6.32. The molecule has 6 heteroatoms. The molecule has 2 aliphatic rings. The van der Waals surface area contributed by atoms with Gasteiger partial charge in [0, 0.05) is 17.0 Å². The summed E-state index contributed by atoms with van der Waals surface area (Å²) in [6.07, 6.45) is 5.46. The van der Waals surface area contributed by atoms with E-state index in [2.05, 4.69) is 10.1 Å². The lowest BCUT2D eigenvalue weighted by atomic mass is 9.75. The van der Waals surface area contributed by atoms with Gasteiger partial charge in [-0.1, -0.05) is 48.5 Å². The van der Waals surface area contributed by atoms with E-state index in [9.17, 15) is 4.79 Å². The van der Waals surface area contributed by atoms with Gasteiger partial charge in [0.2, 0.25) is 0 Å². The number of rotatable bonds is 2. The van der Waals surface area contributed by atoms with Crippen LogP contribution in [-0.2, 0) is 10.3 Å². The molecule has 6 rings (SSSR count). The Balaban J connectivity index is 1.24. The van der Waals surface area contributed by atoms with Crippen LogP contribution < -0.4 is 0 Å². The third-order valence-corrected chi connectivity index (χ3v) is 6.32. The van der Waals surface area contributed by atoms with Crippen LogP contribution in [0, 0.1) is 0 Å². The largest absolute Gasteiger partial charge is 0.451 e. The summed E-state index contributed by atoms with van der Waals surface area (Å²) in [5.41, 5.74) is 3.29. The number of esters is 1. The lowest BCUT2D eigenvalue weighted by Gasteiger charge is -2.35. The normalized spacial score (nSPS) is 23.4. The van der Waals surface area contributed by atoms with E-state index >= 15 is 0 Å². The number of H-pyrrole nitrogens is 1. The number of nitrogens with one attached hydrogen (secondary N) is 1. The molecule has 3 heterocycles. The van der Waals surface area contributed by atoms with E-state index in [4.69, 9.17) is 9.72 Å². The standard InChI is InChI=1S/C23H20N4O2/c28-21-17-8-4-5-9-18(17)23(29-21)12-10-16(11-13-23)20-25-22-24-19(14-27(22)26-20)15-6-2-1-3-7-15/h1-9,14,16H,10-13H2,(H,24,25,26)/t16-,23-. The Morgan fingerprint density at radius 1 is 1.00 bits per heavy atom. The zero-order valence-electron chi connectivity index (χ0n) is 15.8. The van der Waals surface area contributed by atoms with Crippen molar-refractivity contribution in [3.8, 4) is 11.3 Å². The second kappa shape index (κ2) is 6.04. The number of ether oxygens (including phenoxy) is 1. The van der Waals surface area contributed by atoms with Crippen LogP contribution >= 0.6 is 0 Å². The maximum Gasteiger partial charge on any atom is 0.339 e. The molecule has 4 aromatic rings. The minimum atomic E-state index is -0.461. The maximum absolute atomic E-state index is 12.3. The van der Waals surface area contributed by atoms with Crippen molar-refractivity contribution in [3.05, 3.63) is 77.7 Å². The van der Waals surface area contributed by atoms with Crippen molar-refractivity contribution in [3.63, 3.8) is 0 Å². The molecular weight excluding hydrogens is 364 g/mol. The molecule has 2 aromatic heterocycles. The number of benzene rings is 2. The van der Waals surface area contributed by atoms with Crippen molar-refractivity contribution in [1.82, 2.24) is 19.6 Å². The van der Waals surface area contributed by atoms with Crippen LogP contribution in [0.1, 0.15) is 53.3 Å². The number of hydrogen-bond donors (Lipinski definition) is 1. The average Bonchev–Trinajstić information content (AvgIpc) is 3.41. The smallest absolute Gasteiger partial charge is 0.339 e.